The summed E-state index contributed by atoms with van der Waals surface area (Å²) in [6.07, 6.45) is 1.07. The van der Waals surface area contributed by atoms with Crippen LogP contribution < -0.4 is 0 Å². The van der Waals surface area contributed by atoms with Gasteiger partial charge < -0.3 is 10.0 Å². The third kappa shape index (κ3) is 3.85. The zero-order valence-electron chi connectivity index (χ0n) is 7.46. The number of nitrogens with zero attached hydrogens (tertiary/aromatic N) is 1. The fraction of sp³-hybridized carbons (Fsp3) is 1.00. The Labute approximate surface area is 63.8 Å². The third-order valence-electron chi connectivity index (χ3n) is 1.94. The Kier molecular flexibility index (Phi) is 4.65. The van der Waals surface area contributed by atoms with Crippen molar-refractivity contribution in [2.45, 2.75) is 26.3 Å². The molecular formula is C8H19NO. The highest BCUT2D eigenvalue weighted by Gasteiger charge is 2.08. The molecule has 0 heterocycles. The fourth-order valence-electron chi connectivity index (χ4n) is 0.868. The maximum absolute atomic E-state index is 8.75. The number of aliphatic hydroxyl groups is 1. The highest BCUT2D eigenvalue weighted by molar-refractivity contribution is 4.63. The van der Waals surface area contributed by atoms with Crippen molar-refractivity contribution in [1.29, 1.82) is 0 Å². The Morgan fingerprint density at radius 1 is 1.30 bits per heavy atom. The first kappa shape index (κ1) is 9.92. The third-order valence-corrected chi connectivity index (χ3v) is 1.94. The molecule has 0 saturated heterocycles. The number of rotatable bonds is 4. The standard InChI is InChI=1S/C8H19NO/c1-7(6-10)5-8(2)9(3)4/h7-8,10H,5-6H2,1-4H3. The Morgan fingerprint density at radius 3 is 2.10 bits per heavy atom. The van der Waals surface area contributed by atoms with Gasteiger partial charge in [0.2, 0.25) is 0 Å². The molecule has 2 heteroatoms. The minimum atomic E-state index is 0.304. The molecule has 0 bridgehead atoms. The minimum absolute atomic E-state index is 0.304. The van der Waals surface area contributed by atoms with Gasteiger partial charge in [-0.15, -0.1) is 0 Å². The van der Waals surface area contributed by atoms with Crippen molar-refractivity contribution in [1.82, 2.24) is 4.90 Å². The van der Waals surface area contributed by atoms with Crippen molar-refractivity contribution >= 4 is 0 Å². The molecular weight excluding hydrogens is 126 g/mol. The molecule has 0 rings (SSSR count). The summed E-state index contributed by atoms with van der Waals surface area (Å²) >= 11 is 0. The fourth-order valence-corrected chi connectivity index (χ4v) is 0.868. The number of hydrogen-bond acceptors (Lipinski definition) is 2. The van der Waals surface area contributed by atoms with Crippen LogP contribution in [0.2, 0.25) is 0 Å². The number of aliphatic hydroxyl groups excluding tert-OH is 1. The van der Waals surface area contributed by atoms with Gasteiger partial charge >= 0.3 is 0 Å². The van der Waals surface area contributed by atoms with E-state index in [2.05, 4.69) is 32.8 Å². The second kappa shape index (κ2) is 4.69. The van der Waals surface area contributed by atoms with Crippen LogP contribution in [-0.2, 0) is 0 Å². The zero-order valence-corrected chi connectivity index (χ0v) is 7.46. The molecule has 2 nitrogen and oxygen atoms in total. The van der Waals surface area contributed by atoms with Gasteiger partial charge in [0.1, 0.15) is 0 Å². The van der Waals surface area contributed by atoms with E-state index in [1.165, 1.54) is 0 Å². The van der Waals surface area contributed by atoms with E-state index in [4.69, 9.17) is 5.11 Å². The zero-order chi connectivity index (χ0) is 8.15. The Bertz CT molecular complexity index is 83.3. The van der Waals surface area contributed by atoms with Crippen molar-refractivity contribution in [2.75, 3.05) is 20.7 Å². The molecule has 62 valence electrons. The van der Waals surface area contributed by atoms with Crippen LogP contribution in [0.4, 0.5) is 0 Å². The first-order valence-corrected chi connectivity index (χ1v) is 3.85. The van der Waals surface area contributed by atoms with Crippen LogP contribution in [0.3, 0.4) is 0 Å². The highest BCUT2D eigenvalue weighted by atomic mass is 16.3. The van der Waals surface area contributed by atoms with Crippen LogP contribution in [0.1, 0.15) is 20.3 Å². The van der Waals surface area contributed by atoms with Crippen molar-refractivity contribution in [3.05, 3.63) is 0 Å². The van der Waals surface area contributed by atoms with E-state index < -0.39 is 0 Å². The molecule has 0 fully saturated rings. The summed E-state index contributed by atoms with van der Waals surface area (Å²) in [4.78, 5) is 2.17. The summed E-state index contributed by atoms with van der Waals surface area (Å²) in [6.45, 7) is 4.55. The topological polar surface area (TPSA) is 23.5 Å². The van der Waals surface area contributed by atoms with Crippen LogP contribution in [0.25, 0.3) is 0 Å². The van der Waals surface area contributed by atoms with Gasteiger partial charge in [-0.3, -0.25) is 0 Å². The van der Waals surface area contributed by atoms with E-state index in [-0.39, 0.29) is 0 Å². The van der Waals surface area contributed by atoms with E-state index in [1.54, 1.807) is 0 Å². The summed E-state index contributed by atoms with van der Waals surface area (Å²) in [6, 6.07) is 0.571. The van der Waals surface area contributed by atoms with Gasteiger partial charge in [0.05, 0.1) is 0 Å². The van der Waals surface area contributed by atoms with Crippen LogP contribution in [0.5, 0.6) is 0 Å². The Balaban J connectivity index is 3.46. The van der Waals surface area contributed by atoms with Crippen molar-refractivity contribution in [3.63, 3.8) is 0 Å². The molecule has 0 aliphatic carbocycles. The molecule has 0 aliphatic heterocycles. The van der Waals surface area contributed by atoms with Gasteiger partial charge in [0.25, 0.3) is 0 Å². The second-order valence-electron chi connectivity index (χ2n) is 3.34. The molecule has 2 atom stereocenters. The highest BCUT2D eigenvalue weighted by Crippen LogP contribution is 2.07. The first-order chi connectivity index (χ1) is 4.57. The quantitative estimate of drug-likeness (QED) is 0.637. The Morgan fingerprint density at radius 2 is 1.80 bits per heavy atom. The lowest BCUT2D eigenvalue weighted by atomic mass is 10.0. The van der Waals surface area contributed by atoms with Crippen LogP contribution >= 0.6 is 0 Å². The van der Waals surface area contributed by atoms with E-state index in [0.717, 1.165) is 6.42 Å². The molecule has 0 aliphatic rings. The van der Waals surface area contributed by atoms with Crippen LogP contribution in [-0.4, -0.2) is 36.8 Å². The van der Waals surface area contributed by atoms with Gasteiger partial charge in [0.15, 0.2) is 0 Å². The van der Waals surface area contributed by atoms with Crippen LogP contribution in [0.15, 0.2) is 0 Å². The lowest BCUT2D eigenvalue weighted by Crippen LogP contribution is -2.27. The predicted octanol–water partition coefficient (Wildman–Crippen LogP) is 0.955. The lowest BCUT2D eigenvalue weighted by Gasteiger charge is -2.21. The van der Waals surface area contributed by atoms with Gasteiger partial charge in [-0.25, -0.2) is 0 Å². The maximum atomic E-state index is 8.75. The summed E-state index contributed by atoms with van der Waals surface area (Å²) in [5.41, 5.74) is 0. The SMILES string of the molecule is CC(CO)CC(C)N(C)C. The van der Waals surface area contributed by atoms with E-state index >= 15 is 0 Å². The molecule has 0 aromatic heterocycles. The molecule has 0 amide bonds. The first-order valence-electron chi connectivity index (χ1n) is 3.85. The molecule has 0 spiro atoms. The average Bonchev–Trinajstić information content (AvgIpc) is 1.87. The molecule has 2 unspecified atom stereocenters. The van der Waals surface area contributed by atoms with Gasteiger partial charge in [0, 0.05) is 12.6 Å². The largest absolute Gasteiger partial charge is 0.396 e. The predicted molar refractivity (Wildman–Crippen MR) is 44.0 cm³/mol. The molecule has 0 aromatic rings. The number of hydrogen-bond donors (Lipinski definition) is 1. The molecule has 0 radical (unpaired) electrons. The van der Waals surface area contributed by atoms with Crippen molar-refractivity contribution in [2.24, 2.45) is 5.92 Å². The normalized spacial score (nSPS) is 17.4. The second-order valence-corrected chi connectivity index (χ2v) is 3.34. The monoisotopic (exact) mass is 145 g/mol. The minimum Gasteiger partial charge on any atom is -0.396 e. The van der Waals surface area contributed by atoms with Crippen molar-refractivity contribution in [3.8, 4) is 0 Å². The van der Waals surface area contributed by atoms with Crippen molar-refractivity contribution < 1.29 is 5.11 Å². The molecule has 0 saturated carbocycles. The average molecular weight is 145 g/mol. The molecule has 1 N–H and O–H groups in total. The van der Waals surface area contributed by atoms with Crippen LogP contribution in [0, 0.1) is 5.92 Å². The Hall–Kier alpha value is -0.0800. The van der Waals surface area contributed by atoms with Gasteiger partial charge in [-0.2, -0.15) is 0 Å². The van der Waals surface area contributed by atoms with E-state index in [9.17, 15) is 0 Å². The van der Waals surface area contributed by atoms with Gasteiger partial charge in [-0.05, 0) is 33.4 Å². The summed E-state index contributed by atoms with van der Waals surface area (Å²) in [5, 5.41) is 8.75. The lowest BCUT2D eigenvalue weighted by molar-refractivity contribution is 0.192. The van der Waals surface area contributed by atoms with E-state index in [0.29, 0.717) is 18.6 Å². The van der Waals surface area contributed by atoms with E-state index in [1.807, 2.05) is 0 Å². The van der Waals surface area contributed by atoms with Gasteiger partial charge in [-0.1, -0.05) is 6.92 Å². The summed E-state index contributed by atoms with van der Waals surface area (Å²) in [7, 11) is 4.13. The maximum Gasteiger partial charge on any atom is 0.0457 e. The smallest absolute Gasteiger partial charge is 0.0457 e. The summed E-state index contributed by atoms with van der Waals surface area (Å²) < 4.78 is 0. The summed E-state index contributed by atoms with van der Waals surface area (Å²) in [5.74, 6) is 0.428. The molecule has 0 aromatic carbocycles. The molecule has 10 heavy (non-hydrogen) atoms.